The fraction of sp³-hybridized carbons (Fsp3) is 0.818. The molecule has 2 saturated heterocycles. The van der Waals surface area contributed by atoms with Gasteiger partial charge in [0.15, 0.2) is 0 Å². The number of nitrogens with one attached hydrogen (secondary N) is 1. The second kappa shape index (κ2) is 4.83. The number of carbonyl (C=O) groups is 2. The first-order chi connectivity index (χ1) is 8.52. The summed E-state index contributed by atoms with van der Waals surface area (Å²) in [6.45, 7) is 3.57. The van der Waals surface area contributed by atoms with Gasteiger partial charge in [0.25, 0.3) is 0 Å². The smallest absolute Gasteiger partial charge is 0.247 e. The van der Waals surface area contributed by atoms with Crippen LogP contribution in [0, 0.1) is 0 Å². The standard InChI is InChI=1S/C11H19N3O4/c1-2-7(15)8(9(12)16)14-5-11(10(14)17)6-18-4-3-13-11/h7-8,13,15H,2-6H2,1H3,(H2,12,16)/t7-,8+,11?/m1/s1. The van der Waals surface area contributed by atoms with Crippen LogP contribution in [0.15, 0.2) is 0 Å². The third-order valence-corrected chi connectivity index (χ3v) is 3.58. The summed E-state index contributed by atoms with van der Waals surface area (Å²) < 4.78 is 5.28. The van der Waals surface area contributed by atoms with Crippen LogP contribution in [0.3, 0.4) is 0 Å². The van der Waals surface area contributed by atoms with E-state index in [0.29, 0.717) is 32.7 Å². The molecule has 2 amide bonds. The first-order valence-corrected chi connectivity index (χ1v) is 6.13. The van der Waals surface area contributed by atoms with Crippen LogP contribution in [0.2, 0.25) is 0 Å². The Bertz CT molecular complexity index is 354. The number of likely N-dealkylation sites (tertiary alicyclic amines) is 1. The molecule has 18 heavy (non-hydrogen) atoms. The Hall–Kier alpha value is -1.18. The molecule has 0 saturated carbocycles. The Labute approximate surface area is 105 Å². The van der Waals surface area contributed by atoms with Gasteiger partial charge in [-0.05, 0) is 6.42 Å². The van der Waals surface area contributed by atoms with Crippen LogP contribution in [-0.4, -0.2) is 65.8 Å². The van der Waals surface area contributed by atoms with E-state index < -0.39 is 23.6 Å². The van der Waals surface area contributed by atoms with Crippen molar-refractivity contribution < 1.29 is 19.4 Å². The van der Waals surface area contributed by atoms with Crippen LogP contribution >= 0.6 is 0 Å². The van der Waals surface area contributed by atoms with E-state index in [4.69, 9.17) is 10.5 Å². The number of nitrogens with two attached hydrogens (primary N) is 1. The molecule has 0 aromatic heterocycles. The summed E-state index contributed by atoms with van der Waals surface area (Å²) in [5.74, 6) is -0.900. The van der Waals surface area contributed by atoms with Gasteiger partial charge in [-0.3, -0.25) is 14.9 Å². The number of aliphatic hydroxyl groups is 1. The number of amides is 2. The molecule has 3 atom stereocenters. The lowest BCUT2D eigenvalue weighted by molar-refractivity contribution is -0.173. The molecule has 0 aromatic rings. The van der Waals surface area contributed by atoms with E-state index >= 15 is 0 Å². The highest BCUT2D eigenvalue weighted by atomic mass is 16.5. The molecule has 102 valence electrons. The van der Waals surface area contributed by atoms with Crippen LogP contribution in [0.4, 0.5) is 0 Å². The number of β-lactam (4-membered cyclic amide) rings is 1. The van der Waals surface area contributed by atoms with E-state index in [1.54, 1.807) is 6.92 Å². The predicted octanol–water partition coefficient (Wildman–Crippen LogP) is -2.19. The molecule has 0 aromatic carbocycles. The lowest BCUT2D eigenvalue weighted by Gasteiger charge is -2.53. The molecular formula is C11H19N3O4. The molecule has 0 aliphatic carbocycles. The molecule has 7 nitrogen and oxygen atoms in total. The third-order valence-electron chi connectivity index (χ3n) is 3.58. The quantitative estimate of drug-likeness (QED) is 0.496. The van der Waals surface area contributed by atoms with Gasteiger partial charge >= 0.3 is 0 Å². The second-order valence-electron chi connectivity index (χ2n) is 4.82. The number of hydrogen-bond donors (Lipinski definition) is 3. The van der Waals surface area contributed by atoms with E-state index in [9.17, 15) is 14.7 Å². The van der Waals surface area contributed by atoms with E-state index in [1.807, 2.05) is 0 Å². The molecule has 2 rings (SSSR count). The van der Waals surface area contributed by atoms with Crippen molar-refractivity contribution in [2.75, 3.05) is 26.3 Å². The summed E-state index contributed by atoms with van der Waals surface area (Å²) >= 11 is 0. The van der Waals surface area contributed by atoms with Crippen molar-refractivity contribution in [3.05, 3.63) is 0 Å². The first-order valence-electron chi connectivity index (χ1n) is 6.13. The fourth-order valence-electron chi connectivity index (χ4n) is 2.51. The van der Waals surface area contributed by atoms with E-state index in [0.717, 1.165) is 0 Å². The van der Waals surface area contributed by atoms with Crippen molar-refractivity contribution in [3.8, 4) is 0 Å². The molecule has 2 aliphatic heterocycles. The van der Waals surface area contributed by atoms with Gasteiger partial charge in [-0.25, -0.2) is 0 Å². The van der Waals surface area contributed by atoms with Gasteiger partial charge < -0.3 is 20.5 Å². The van der Waals surface area contributed by atoms with Crippen molar-refractivity contribution in [3.63, 3.8) is 0 Å². The van der Waals surface area contributed by atoms with Crippen molar-refractivity contribution in [1.82, 2.24) is 10.2 Å². The Morgan fingerprint density at radius 1 is 1.72 bits per heavy atom. The van der Waals surface area contributed by atoms with Crippen molar-refractivity contribution in [2.24, 2.45) is 5.73 Å². The molecule has 1 spiro atoms. The number of primary amides is 1. The predicted molar refractivity (Wildman–Crippen MR) is 62.5 cm³/mol. The van der Waals surface area contributed by atoms with Gasteiger partial charge in [-0.1, -0.05) is 6.92 Å². The van der Waals surface area contributed by atoms with E-state index in [1.165, 1.54) is 4.90 Å². The topological polar surface area (TPSA) is 105 Å². The first kappa shape index (κ1) is 13.3. The Morgan fingerprint density at radius 3 is 2.89 bits per heavy atom. The lowest BCUT2D eigenvalue weighted by atomic mass is 9.85. The zero-order chi connectivity index (χ0) is 13.3. The average Bonchev–Trinajstić information content (AvgIpc) is 2.38. The number of aliphatic hydroxyl groups excluding tert-OH is 1. The van der Waals surface area contributed by atoms with Gasteiger partial charge in [0.2, 0.25) is 11.8 Å². The highest BCUT2D eigenvalue weighted by Gasteiger charge is 2.57. The van der Waals surface area contributed by atoms with Crippen LogP contribution < -0.4 is 11.1 Å². The maximum atomic E-state index is 12.2. The average molecular weight is 257 g/mol. The maximum Gasteiger partial charge on any atom is 0.247 e. The number of nitrogens with zero attached hydrogens (tertiary/aromatic N) is 1. The Morgan fingerprint density at radius 2 is 2.44 bits per heavy atom. The van der Waals surface area contributed by atoms with Gasteiger partial charge in [0, 0.05) is 6.54 Å². The minimum Gasteiger partial charge on any atom is -0.390 e. The van der Waals surface area contributed by atoms with Gasteiger partial charge in [0.05, 0.1) is 25.9 Å². The van der Waals surface area contributed by atoms with Gasteiger partial charge in [-0.15, -0.1) is 0 Å². The number of hydrogen-bond acceptors (Lipinski definition) is 5. The largest absolute Gasteiger partial charge is 0.390 e. The number of morpholine rings is 1. The summed E-state index contributed by atoms with van der Waals surface area (Å²) in [7, 11) is 0. The number of rotatable bonds is 4. The molecule has 2 fully saturated rings. The maximum absolute atomic E-state index is 12.2. The summed E-state index contributed by atoms with van der Waals surface area (Å²) in [6.07, 6.45) is -0.554. The Balaban J connectivity index is 2.07. The molecule has 2 aliphatic rings. The minimum atomic E-state index is -0.947. The minimum absolute atomic E-state index is 0.224. The molecule has 2 heterocycles. The molecule has 0 bridgehead atoms. The highest BCUT2D eigenvalue weighted by molar-refractivity contribution is 5.97. The van der Waals surface area contributed by atoms with Gasteiger partial charge in [0.1, 0.15) is 11.6 Å². The van der Waals surface area contributed by atoms with Crippen molar-refractivity contribution in [2.45, 2.75) is 31.0 Å². The fourth-order valence-corrected chi connectivity index (χ4v) is 2.51. The Kier molecular flexibility index (Phi) is 3.56. The molecule has 0 radical (unpaired) electrons. The number of carbonyl (C=O) groups excluding carboxylic acids is 2. The van der Waals surface area contributed by atoms with E-state index in [2.05, 4.69) is 5.32 Å². The summed E-state index contributed by atoms with van der Waals surface area (Å²) in [5, 5.41) is 12.9. The monoisotopic (exact) mass is 257 g/mol. The molecule has 7 heteroatoms. The molecule has 1 unspecified atom stereocenters. The van der Waals surface area contributed by atoms with Crippen LogP contribution in [0.5, 0.6) is 0 Å². The number of ether oxygens (including phenoxy) is 1. The zero-order valence-electron chi connectivity index (χ0n) is 10.4. The summed E-state index contributed by atoms with van der Waals surface area (Å²) in [5.41, 5.74) is 4.54. The SMILES string of the molecule is CC[C@@H](O)[C@@H](C(N)=O)N1CC2(COCCN2)C1=O. The van der Waals surface area contributed by atoms with E-state index in [-0.39, 0.29) is 5.91 Å². The van der Waals surface area contributed by atoms with Crippen LogP contribution in [0.1, 0.15) is 13.3 Å². The second-order valence-corrected chi connectivity index (χ2v) is 4.82. The summed E-state index contributed by atoms with van der Waals surface area (Å²) in [4.78, 5) is 24.9. The van der Waals surface area contributed by atoms with Crippen molar-refractivity contribution in [1.29, 1.82) is 0 Å². The van der Waals surface area contributed by atoms with Crippen LogP contribution in [0.25, 0.3) is 0 Å². The lowest BCUT2D eigenvalue weighted by Crippen LogP contribution is -2.80. The van der Waals surface area contributed by atoms with Gasteiger partial charge in [-0.2, -0.15) is 0 Å². The molecule has 4 N–H and O–H groups in total. The third kappa shape index (κ3) is 1.98. The highest BCUT2D eigenvalue weighted by Crippen LogP contribution is 2.28. The summed E-state index contributed by atoms with van der Waals surface area (Å²) in [6, 6.07) is -0.947. The van der Waals surface area contributed by atoms with Crippen LogP contribution in [-0.2, 0) is 14.3 Å². The van der Waals surface area contributed by atoms with Crippen molar-refractivity contribution >= 4 is 11.8 Å². The zero-order valence-corrected chi connectivity index (χ0v) is 10.4. The normalized spacial score (nSPS) is 31.0. The molecular weight excluding hydrogens is 238 g/mol.